The highest BCUT2D eigenvalue weighted by Gasteiger charge is 2.05. The second-order valence-electron chi connectivity index (χ2n) is 2.91. The number of hydrogen-bond acceptors (Lipinski definition) is 6. The molecule has 4 nitrogen and oxygen atoms in total. The molecule has 0 amide bonds. The lowest BCUT2D eigenvalue weighted by molar-refractivity contribution is 0.199. The molecular formula is C9H9N3OS2. The van der Waals surface area contributed by atoms with Crippen LogP contribution in [0.25, 0.3) is 0 Å². The Hall–Kier alpha value is -0.980. The Balaban J connectivity index is 2.18. The van der Waals surface area contributed by atoms with E-state index in [0.29, 0.717) is 0 Å². The van der Waals surface area contributed by atoms with Gasteiger partial charge in [-0.3, -0.25) is 0 Å². The summed E-state index contributed by atoms with van der Waals surface area (Å²) in [5, 5.41) is 17.9. The molecule has 0 aliphatic carbocycles. The average molecular weight is 239 g/mol. The lowest BCUT2D eigenvalue weighted by atomic mass is 10.2. The van der Waals surface area contributed by atoms with Crippen LogP contribution in [0.15, 0.2) is 33.2 Å². The molecule has 0 fully saturated rings. The Morgan fingerprint density at radius 1 is 1.53 bits per heavy atom. The van der Waals surface area contributed by atoms with Crippen molar-refractivity contribution in [3.63, 3.8) is 0 Å². The maximum Gasteiger partial charge on any atom is 0.180 e. The fraction of sp³-hybridized carbons (Fsp3) is 0.222. The molecule has 1 N–H and O–H groups in total. The summed E-state index contributed by atoms with van der Waals surface area (Å²) in [5.41, 5.74) is 2.54. The van der Waals surface area contributed by atoms with Gasteiger partial charge in [0.15, 0.2) is 4.34 Å². The van der Waals surface area contributed by atoms with E-state index in [1.54, 1.807) is 24.7 Å². The van der Waals surface area contributed by atoms with Gasteiger partial charge in [0, 0.05) is 6.20 Å². The Morgan fingerprint density at radius 2 is 2.40 bits per heavy atom. The minimum Gasteiger partial charge on any atom is -0.389 e. The number of rotatable bonds is 3. The van der Waals surface area contributed by atoms with Crippen LogP contribution >= 0.6 is 23.1 Å². The lowest BCUT2D eigenvalue weighted by Gasteiger charge is -2.04. The molecule has 2 heterocycles. The van der Waals surface area contributed by atoms with Gasteiger partial charge in [0.1, 0.15) is 10.5 Å². The Kier molecular flexibility index (Phi) is 3.30. The molecular weight excluding hydrogens is 230 g/mol. The van der Waals surface area contributed by atoms with Gasteiger partial charge in [-0.1, -0.05) is 11.3 Å². The average Bonchev–Trinajstić information content (AvgIpc) is 2.71. The van der Waals surface area contributed by atoms with Gasteiger partial charge in [-0.15, -0.1) is 10.2 Å². The summed E-state index contributed by atoms with van der Waals surface area (Å²) in [5.74, 6) is 0. The van der Waals surface area contributed by atoms with Gasteiger partial charge in [-0.2, -0.15) is 0 Å². The standard InChI is InChI=1S/C9H9N3OS2/c1-6(13)7-2-3-10-8(4-7)15-9-12-11-5-14-9/h2-6,13H,1H3/t6-/m0/s1. The minimum absolute atomic E-state index is 0.471. The Morgan fingerprint density at radius 3 is 3.07 bits per heavy atom. The molecule has 0 aromatic carbocycles. The maximum atomic E-state index is 9.41. The normalized spacial score (nSPS) is 12.7. The van der Waals surface area contributed by atoms with Crippen molar-refractivity contribution >= 4 is 23.1 Å². The summed E-state index contributed by atoms with van der Waals surface area (Å²) in [7, 11) is 0. The van der Waals surface area contributed by atoms with Crippen molar-refractivity contribution in [2.45, 2.75) is 22.4 Å². The first kappa shape index (κ1) is 10.5. The smallest absolute Gasteiger partial charge is 0.180 e. The predicted molar refractivity (Wildman–Crippen MR) is 58.9 cm³/mol. The SMILES string of the molecule is C[C@H](O)c1ccnc(Sc2nncs2)c1. The third-order valence-corrected chi connectivity index (χ3v) is 3.48. The van der Waals surface area contributed by atoms with Crippen molar-refractivity contribution in [3.05, 3.63) is 29.4 Å². The third-order valence-electron chi connectivity index (χ3n) is 1.77. The minimum atomic E-state index is -0.471. The number of aromatic nitrogens is 3. The van der Waals surface area contributed by atoms with Crippen molar-refractivity contribution in [1.82, 2.24) is 15.2 Å². The van der Waals surface area contributed by atoms with Crippen LogP contribution in [0.3, 0.4) is 0 Å². The number of aliphatic hydroxyl groups is 1. The van der Waals surface area contributed by atoms with Crippen LogP contribution in [0, 0.1) is 0 Å². The molecule has 2 aromatic heterocycles. The maximum absolute atomic E-state index is 9.41. The van der Waals surface area contributed by atoms with Crippen LogP contribution in [0.1, 0.15) is 18.6 Å². The summed E-state index contributed by atoms with van der Waals surface area (Å²) in [6.07, 6.45) is 1.22. The van der Waals surface area contributed by atoms with E-state index < -0.39 is 6.10 Å². The van der Waals surface area contributed by atoms with E-state index in [4.69, 9.17) is 0 Å². The molecule has 0 unspecified atom stereocenters. The van der Waals surface area contributed by atoms with Gasteiger partial charge in [0.2, 0.25) is 0 Å². The highest BCUT2D eigenvalue weighted by atomic mass is 32.2. The highest BCUT2D eigenvalue weighted by Crippen LogP contribution is 2.28. The number of hydrogen-bond donors (Lipinski definition) is 1. The highest BCUT2D eigenvalue weighted by molar-refractivity contribution is 8.00. The first-order valence-electron chi connectivity index (χ1n) is 4.34. The largest absolute Gasteiger partial charge is 0.389 e. The van der Waals surface area contributed by atoms with Crippen LogP contribution in [0.2, 0.25) is 0 Å². The van der Waals surface area contributed by atoms with Crippen LogP contribution in [0.5, 0.6) is 0 Å². The van der Waals surface area contributed by atoms with E-state index in [0.717, 1.165) is 14.9 Å². The number of aliphatic hydroxyl groups excluding tert-OH is 1. The summed E-state index contributed by atoms with van der Waals surface area (Å²) in [6.45, 7) is 1.73. The molecule has 1 atom stereocenters. The molecule has 0 spiro atoms. The van der Waals surface area contributed by atoms with E-state index in [-0.39, 0.29) is 0 Å². The van der Waals surface area contributed by atoms with E-state index in [1.165, 1.54) is 23.1 Å². The van der Waals surface area contributed by atoms with Crippen LogP contribution < -0.4 is 0 Å². The van der Waals surface area contributed by atoms with Crippen LogP contribution in [0.4, 0.5) is 0 Å². The number of pyridine rings is 1. The molecule has 6 heteroatoms. The van der Waals surface area contributed by atoms with Crippen LogP contribution in [-0.2, 0) is 0 Å². The molecule has 0 saturated carbocycles. The predicted octanol–water partition coefficient (Wildman–Crippen LogP) is 2.14. The summed E-state index contributed by atoms with van der Waals surface area (Å²) in [4.78, 5) is 4.19. The zero-order valence-corrected chi connectivity index (χ0v) is 9.63. The molecule has 78 valence electrons. The van der Waals surface area contributed by atoms with Gasteiger partial charge in [0.05, 0.1) is 6.10 Å². The van der Waals surface area contributed by atoms with Gasteiger partial charge in [-0.05, 0) is 36.4 Å². The fourth-order valence-corrected chi connectivity index (χ4v) is 2.47. The molecule has 2 rings (SSSR count). The monoisotopic (exact) mass is 239 g/mol. The quantitative estimate of drug-likeness (QED) is 0.889. The van der Waals surface area contributed by atoms with Gasteiger partial charge in [0.25, 0.3) is 0 Å². The van der Waals surface area contributed by atoms with Gasteiger partial charge < -0.3 is 5.11 Å². The van der Waals surface area contributed by atoms with E-state index in [9.17, 15) is 5.11 Å². The van der Waals surface area contributed by atoms with Crippen molar-refractivity contribution in [3.8, 4) is 0 Å². The Labute approximate surface area is 95.4 Å². The summed E-state index contributed by atoms with van der Waals surface area (Å²) in [6, 6.07) is 3.66. The number of nitrogens with zero attached hydrogens (tertiary/aromatic N) is 3. The van der Waals surface area contributed by atoms with Crippen LogP contribution in [-0.4, -0.2) is 20.3 Å². The lowest BCUT2D eigenvalue weighted by Crippen LogP contribution is -1.92. The first-order chi connectivity index (χ1) is 7.25. The van der Waals surface area contributed by atoms with Gasteiger partial charge in [-0.25, -0.2) is 4.98 Å². The van der Waals surface area contributed by atoms with Crippen molar-refractivity contribution in [2.75, 3.05) is 0 Å². The molecule has 0 radical (unpaired) electrons. The molecule has 15 heavy (non-hydrogen) atoms. The van der Waals surface area contributed by atoms with E-state index in [1.807, 2.05) is 6.07 Å². The molecule has 0 bridgehead atoms. The van der Waals surface area contributed by atoms with Gasteiger partial charge >= 0.3 is 0 Å². The zero-order valence-electron chi connectivity index (χ0n) is 7.99. The topological polar surface area (TPSA) is 58.9 Å². The third kappa shape index (κ3) is 2.74. The second kappa shape index (κ2) is 4.69. The van der Waals surface area contributed by atoms with E-state index in [2.05, 4.69) is 15.2 Å². The van der Waals surface area contributed by atoms with Crippen molar-refractivity contribution in [1.29, 1.82) is 0 Å². The molecule has 0 saturated heterocycles. The zero-order chi connectivity index (χ0) is 10.7. The second-order valence-corrected chi connectivity index (χ2v) is 5.01. The first-order valence-corrected chi connectivity index (χ1v) is 6.03. The fourth-order valence-electron chi connectivity index (χ4n) is 1.04. The van der Waals surface area contributed by atoms with E-state index >= 15 is 0 Å². The molecule has 2 aromatic rings. The Bertz CT molecular complexity index is 431. The molecule has 0 aliphatic rings. The van der Waals surface area contributed by atoms with Crippen molar-refractivity contribution in [2.24, 2.45) is 0 Å². The summed E-state index contributed by atoms with van der Waals surface area (Å²) < 4.78 is 0.852. The van der Waals surface area contributed by atoms with Crippen molar-refractivity contribution < 1.29 is 5.11 Å². The molecule has 0 aliphatic heterocycles. The summed E-state index contributed by atoms with van der Waals surface area (Å²) >= 11 is 2.92.